The number of furan rings is 1. The summed E-state index contributed by atoms with van der Waals surface area (Å²) in [5.74, 6) is 0.0717. The van der Waals surface area contributed by atoms with Gasteiger partial charge in [-0.2, -0.15) is 5.26 Å². The van der Waals surface area contributed by atoms with Crippen LogP contribution in [0.5, 0.6) is 0 Å². The molecule has 0 radical (unpaired) electrons. The Balaban J connectivity index is 1.37. The van der Waals surface area contributed by atoms with E-state index in [9.17, 15) is 4.79 Å². The van der Waals surface area contributed by atoms with Crippen molar-refractivity contribution < 1.29 is 14.3 Å². The fourth-order valence-electron chi connectivity index (χ4n) is 5.09. The zero-order chi connectivity index (χ0) is 25.6. The summed E-state index contributed by atoms with van der Waals surface area (Å²) in [5, 5.41) is 18.2. The van der Waals surface area contributed by atoms with Gasteiger partial charge >= 0.3 is 5.97 Å². The molecule has 0 unspecified atom stereocenters. The molecule has 188 valence electrons. The molecule has 0 spiro atoms. The first kappa shape index (κ1) is 24.4. The highest BCUT2D eigenvalue weighted by Crippen LogP contribution is 2.30. The predicted molar refractivity (Wildman–Crippen MR) is 141 cm³/mol. The second-order valence-corrected chi connectivity index (χ2v) is 9.72. The molecule has 7 nitrogen and oxygen atoms in total. The third-order valence-corrected chi connectivity index (χ3v) is 7.12. The maximum Gasteiger partial charge on any atom is 0.371 e. The van der Waals surface area contributed by atoms with E-state index in [1.807, 2.05) is 48.9 Å². The number of carboxylic acids is 1. The van der Waals surface area contributed by atoms with Crippen LogP contribution in [0, 0.1) is 17.2 Å². The topological polar surface area (TPSA) is 95.3 Å². The highest BCUT2D eigenvalue weighted by Gasteiger charge is 2.20. The molecule has 0 aliphatic heterocycles. The monoisotopic (exact) mass is 494 g/mol. The van der Waals surface area contributed by atoms with Gasteiger partial charge in [0.25, 0.3) is 0 Å². The molecule has 2 aromatic carbocycles. The van der Waals surface area contributed by atoms with E-state index in [-0.39, 0.29) is 5.76 Å². The fraction of sp³-hybridized carbons (Fsp3) is 0.300. The molecule has 2 aromatic heterocycles. The number of carbonyl (C=O) groups is 1. The predicted octanol–water partition coefficient (Wildman–Crippen LogP) is 6.35. The summed E-state index contributed by atoms with van der Waals surface area (Å²) in [6.07, 6.45) is 10.2. The lowest BCUT2D eigenvalue weighted by Crippen LogP contribution is -2.31. The van der Waals surface area contributed by atoms with Crippen LogP contribution in [-0.2, 0) is 13.1 Å². The highest BCUT2D eigenvalue weighted by atomic mass is 16.4. The van der Waals surface area contributed by atoms with Gasteiger partial charge in [0.05, 0.1) is 30.2 Å². The average Bonchev–Trinajstić information content (AvgIpc) is 3.60. The van der Waals surface area contributed by atoms with Gasteiger partial charge in [-0.15, -0.1) is 0 Å². The van der Waals surface area contributed by atoms with Gasteiger partial charge in [0, 0.05) is 30.5 Å². The van der Waals surface area contributed by atoms with Crippen molar-refractivity contribution in [3.05, 3.63) is 95.8 Å². The molecule has 0 amide bonds. The van der Waals surface area contributed by atoms with Crippen molar-refractivity contribution in [1.82, 2.24) is 9.55 Å². The van der Waals surface area contributed by atoms with Crippen molar-refractivity contribution in [2.75, 3.05) is 11.4 Å². The number of hydrogen-bond acceptors (Lipinski definition) is 5. The van der Waals surface area contributed by atoms with Crippen molar-refractivity contribution in [2.24, 2.45) is 5.92 Å². The molecule has 0 atom stereocenters. The third kappa shape index (κ3) is 5.92. The molecule has 1 aliphatic rings. The molecule has 7 heteroatoms. The minimum atomic E-state index is -1.07. The molecule has 0 bridgehead atoms. The van der Waals surface area contributed by atoms with Crippen molar-refractivity contribution in [2.45, 2.75) is 45.2 Å². The van der Waals surface area contributed by atoms with Crippen LogP contribution in [0.1, 0.15) is 59.5 Å². The van der Waals surface area contributed by atoms with E-state index >= 15 is 0 Å². The van der Waals surface area contributed by atoms with Crippen LogP contribution in [0.4, 0.5) is 5.69 Å². The Morgan fingerprint density at radius 2 is 1.81 bits per heavy atom. The molecule has 1 fully saturated rings. The lowest BCUT2D eigenvalue weighted by molar-refractivity contribution is 0.0663. The van der Waals surface area contributed by atoms with Crippen molar-refractivity contribution in [3.63, 3.8) is 0 Å². The fourth-order valence-corrected chi connectivity index (χ4v) is 5.09. The average molecular weight is 495 g/mol. The van der Waals surface area contributed by atoms with E-state index in [1.165, 1.54) is 38.2 Å². The minimum Gasteiger partial charge on any atom is -0.475 e. The highest BCUT2D eigenvalue weighted by molar-refractivity contribution is 5.85. The number of rotatable bonds is 9. The van der Waals surface area contributed by atoms with Gasteiger partial charge < -0.3 is 19.0 Å². The lowest BCUT2D eigenvalue weighted by Gasteiger charge is -2.31. The van der Waals surface area contributed by atoms with Crippen LogP contribution in [0.2, 0.25) is 0 Å². The summed E-state index contributed by atoms with van der Waals surface area (Å²) in [6, 6.07) is 21.2. The van der Waals surface area contributed by atoms with Crippen molar-refractivity contribution in [1.29, 1.82) is 5.26 Å². The van der Waals surface area contributed by atoms with Crippen LogP contribution in [0.3, 0.4) is 0 Å². The van der Waals surface area contributed by atoms with Gasteiger partial charge in [-0.1, -0.05) is 31.4 Å². The lowest BCUT2D eigenvalue weighted by atomic mass is 9.89. The quantitative estimate of drug-likeness (QED) is 0.291. The smallest absolute Gasteiger partial charge is 0.371 e. The van der Waals surface area contributed by atoms with Crippen LogP contribution in [0.15, 0.2) is 77.6 Å². The third-order valence-electron chi connectivity index (χ3n) is 7.12. The van der Waals surface area contributed by atoms with Gasteiger partial charge in [0.2, 0.25) is 5.76 Å². The molecule has 1 N–H and O–H groups in total. The maximum atomic E-state index is 11.2. The van der Waals surface area contributed by atoms with E-state index < -0.39 is 5.97 Å². The van der Waals surface area contributed by atoms with Gasteiger partial charge in [0.15, 0.2) is 0 Å². The largest absolute Gasteiger partial charge is 0.475 e. The Kier molecular flexibility index (Phi) is 7.36. The van der Waals surface area contributed by atoms with Gasteiger partial charge in [-0.3, -0.25) is 0 Å². The second kappa shape index (κ2) is 11.2. The number of carboxylic acid groups (broad SMARTS) is 1. The zero-order valence-corrected chi connectivity index (χ0v) is 20.7. The summed E-state index contributed by atoms with van der Waals surface area (Å²) in [5.41, 5.74) is 4.87. The van der Waals surface area contributed by atoms with Gasteiger partial charge in [-0.05, 0) is 72.9 Å². The Labute approximate surface area is 216 Å². The normalized spacial score (nSPS) is 13.8. The summed E-state index contributed by atoms with van der Waals surface area (Å²) in [4.78, 5) is 18.0. The van der Waals surface area contributed by atoms with Crippen LogP contribution < -0.4 is 4.90 Å². The maximum absolute atomic E-state index is 11.2. The number of nitriles is 1. The molecule has 1 aliphatic carbocycles. The molecule has 0 saturated heterocycles. The zero-order valence-electron chi connectivity index (χ0n) is 20.7. The van der Waals surface area contributed by atoms with Crippen LogP contribution >= 0.6 is 0 Å². The first-order valence-electron chi connectivity index (χ1n) is 12.8. The van der Waals surface area contributed by atoms with E-state index in [1.54, 1.807) is 6.07 Å². The first-order valence-corrected chi connectivity index (χ1v) is 12.8. The Morgan fingerprint density at radius 3 is 2.49 bits per heavy atom. The van der Waals surface area contributed by atoms with Crippen LogP contribution in [0.25, 0.3) is 11.3 Å². The van der Waals surface area contributed by atoms with Crippen molar-refractivity contribution >= 4 is 11.7 Å². The van der Waals surface area contributed by atoms with Gasteiger partial charge in [0.1, 0.15) is 5.76 Å². The molecule has 37 heavy (non-hydrogen) atoms. The molecule has 2 heterocycles. The standard InChI is InChI=1S/C30H30N4O3/c31-16-22-6-8-24(9-7-22)19-34-21-32-17-27(34)20-33(18-23-4-2-1-3-5-23)26-12-10-25(11-13-26)28-14-15-29(37-28)30(35)36/h6-15,17,21,23H,1-5,18-20H2,(H,35,36). The minimum absolute atomic E-state index is 0.0615. The number of nitrogens with zero attached hydrogens (tertiary/aromatic N) is 4. The molecule has 1 saturated carbocycles. The van der Waals surface area contributed by atoms with E-state index in [2.05, 4.69) is 32.7 Å². The molecular weight excluding hydrogens is 464 g/mol. The van der Waals surface area contributed by atoms with E-state index in [0.717, 1.165) is 35.6 Å². The number of anilines is 1. The first-order chi connectivity index (χ1) is 18.1. The number of aromatic carboxylic acids is 1. The number of benzene rings is 2. The van der Waals surface area contributed by atoms with Crippen LogP contribution in [-0.4, -0.2) is 27.2 Å². The number of imidazole rings is 1. The van der Waals surface area contributed by atoms with Crippen molar-refractivity contribution in [3.8, 4) is 17.4 Å². The van der Waals surface area contributed by atoms with Gasteiger partial charge in [-0.25, -0.2) is 9.78 Å². The Bertz CT molecular complexity index is 1370. The number of aromatic nitrogens is 2. The summed E-state index contributed by atoms with van der Waals surface area (Å²) in [7, 11) is 0. The summed E-state index contributed by atoms with van der Waals surface area (Å²) >= 11 is 0. The second-order valence-electron chi connectivity index (χ2n) is 9.72. The number of hydrogen-bond donors (Lipinski definition) is 1. The van der Waals surface area contributed by atoms with E-state index in [0.29, 0.717) is 23.8 Å². The molecule has 5 rings (SSSR count). The Hall–Kier alpha value is -4.31. The SMILES string of the molecule is N#Cc1ccc(Cn2cncc2CN(CC2CCCCC2)c2ccc(-c3ccc(C(=O)O)o3)cc2)cc1. The summed E-state index contributed by atoms with van der Waals surface area (Å²) < 4.78 is 7.65. The molecule has 4 aromatic rings. The summed E-state index contributed by atoms with van der Waals surface area (Å²) in [6.45, 7) is 2.41. The molecular formula is C30H30N4O3. The Morgan fingerprint density at radius 1 is 1.05 bits per heavy atom. The van der Waals surface area contributed by atoms with E-state index in [4.69, 9.17) is 14.8 Å².